The second-order valence-corrected chi connectivity index (χ2v) is 6.89. The number of amides is 2. The summed E-state index contributed by atoms with van der Waals surface area (Å²) in [5, 5.41) is 8.37. The SMILES string of the molecule is O=C(Nc1cc(C(F)(F)F)cc(C(F)(F)F)c1)Nc1ccnn1-c1ccc(Br)cc1. The fourth-order valence-corrected chi connectivity index (χ4v) is 2.76. The molecule has 1 heterocycles. The first-order valence-corrected chi connectivity index (χ1v) is 8.90. The highest BCUT2D eigenvalue weighted by molar-refractivity contribution is 9.10. The van der Waals surface area contributed by atoms with Gasteiger partial charge in [-0.25, -0.2) is 9.48 Å². The van der Waals surface area contributed by atoms with Gasteiger partial charge in [0.05, 0.1) is 23.0 Å². The normalized spacial score (nSPS) is 12.0. The molecule has 3 rings (SSSR count). The second-order valence-electron chi connectivity index (χ2n) is 5.98. The molecular formula is C18H11BrF6N4O. The van der Waals surface area contributed by atoms with Crippen LogP contribution < -0.4 is 10.6 Å². The monoisotopic (exact) mass is 492 g/mol. The summed E-state index contributed by atoms with van der Waals surface area (Å²) in [6, 6.07) is 8.00. The third-order valence-electron chi connectivity index (χ3n) is 3.80. The van der Waals surface area contributed by atoms with E-state index in [-0.39, 0.29) is 11.9 Å². The van der Waals surface area contributed by atoms with E-state index >= 15 is 0 Å². The zero-order valence-electron chi connectivity index (χ0n) is 14.6. The molecule has 2 N–H and O–H groups in total. The minimum absolute atomic E-state index is 0.0221. The summed E-state index contributed by atoms with van der Waals surface area (Å²) in [6.07, 6.45) is -8.67. The molecule has 0 aliphatic carbocycles. The number of carbonyl (C=O) groups excluding carboxylic acids is 1. The molecular weight excluding hydrogens is 482 g/mol. The quantitative estimate of drug-likeness (QED) is 0.420. The maximum atomic E-state index is 12.9. The molecule has 0 saturated heterocycles. The van der Waals surface area contributed by atoms with Gasteiger partial charge in [0.25, 0.3) is 0 Å². The predicted molar refractivity (Wildman–Crippen MR) is 100 cm³/mol. The van der Waals surface area contributed by atoms with Crippen molar-refractivity contribution >= 4 is 33.5 Å². The molecule has 2 aromatic carbocycles. The van der Waals surface area contributed by atoms with Crippen LogP contribution in [0.3, 0.4) is 0 Å². The molecule has 0 aliphatic rings. The molecule has 0 spiro atoms. The minimum Gasteiger partial charge on any atom is -0.308 e. The van der Waals surface area contributed by atoms with Gasteiger partial charge < -0.3 is 5.32 Å². The van der Waals surface area contributed by atoms with Crippen molar-refractivity contribution in [1.29, 1.82) is 0 Å². The summed E-state index contributed by atoms with van der Waals surface area (Å²) in [5.41, 5.74) is -3.17. The van der Waals surface area contributed by atoms with Gasteiger partial charge in [0.2, 0.25) is 0 Å². The standard InChI is InChI=1S/C18H11BrF6N4O/c19-12-1-3-14(4-2-12)29-15(5-6-26-29)28-16(30)27-13-8-10(17(20,21)22)7-11(9-13)18(23,24)25/h1-9H,(H2,27,28,30). The Morgan fingerprint density at radius 3 is 1.97 bits per heavy atom. The van der Waals surface area contributed by atoms with Gasteiger partial charge in [-0.3, -0.25) is 5.32 Å². The molecule has 0 aliphatic heterocycles. The number of nitrogens with one attached hydrogen (secondary N) is 2. The molecule has 0 fully saturated rings. The first-order valence-electron chi connectivity index (χ1n) is 8.11. The summed E-state index contributed by atoms with van der Waals surface area (Å²) >= 11 is 3.27. The maximum Gasteiger partial charge on any atom is 0.416 e. The van der Waals surface area contributed by atoms with Crippen molar-refractivity contribution in [3.63, 3.8) is 0 Å². The van der Waals surface area contributed by atoms with Crippen LogP contribution in [0.4, 0.5) is 42.6 Å². The first-order chi connectivity index (χ1) is 13.9. The Morgan fingerprint density at radius 2 is 1.43 bits per heavy atom. The van der Waals surface area contributed by atoms with Crippen LogP contribution in [0, 0.1) is 0 Å². The zero-order valence-corrected chi connectivity index (χ0v) is 16.2. The van der Waals surface area contributed by atoms with Gasteiger partial charge in [-0.15, -0.1) is 0 Å². The lowest BCUT2D eigenvalue weighted by molar-refractivity contribution is -0.143. The third-order valence-corrected chi connectivity index (χ3v) is 4.33. The molecule has 0 unspecified atom stereocenters. The van der Waals surface area contributed by atoms with Crippen molar-refractivity contribution < 1.29 is 31.1 Å². The van der Waals surface area contributed by atoms with Crippen LogP contribution >= 0.6 is 15.9 Å². The van der Waals surface area contributed by atoms with E-state index < -0.39 is 35.2 Å². The van der Waals surface area contributed by atoms with Crippen molar-refractivity contribution in [2.75, 3.05) is 10.6 Å². The summed E-state index contributed by atoms with van der Waals surface area (Å²) in [7, 11) is 0. The summed E-state index contributed by atoms with van der Waals surface area (Å²) in [4.78, 5) is 12.2. The Balaban J connectivity index is 1.84. The van der Waals surface area contributed by atoms with E-state index in [0.29, 0.717) is 17.8 Å². The number of anilines is 2. The molecule has 0 saturated carbocycles. The fraction of sp³-hybridized carbons (Fsp3) is 0.111. The number of halogens is 7. The third kappa shape index (κ3) is 5.12. The van der Waals surface area contributed by atoms with Gasteiger partial charge in [0.1, 0.15) is 5.82 Å². The number of aromatic nitrogens is 2. The molecule has 158 valence electrons. The van der Waals surface area contributed by atoms with Crippen LogP contribution in [0.5, 0.6) is 0 Å². The van der Waals surface area contributed by atoms with Crippen LogP contribution in [-0.4, -0.2) is 15.8 Å². The van der Waals surface area contributed by atoms with Gasteiger partial charge in [0, 0.05) is 16.2 Å². The van der Waals surface area contributed by atoms with Gasteiger partial charge in [-0.2, -0.15) is 31.4 Å². The topological polar surface area (TPSA) is 59.0 Å². The van der Waals surface area contributed by atoms with Crippen molar-refractivity contribution in [3.05, 3.63) is 70.3 Å². The zero-order chi connectivity index (χ0) is 22.1. The Hall–Kier alpha value is -3.02. The van der Waals surface area contributed by atoms with Crippen molar-refractivity contribution in [3.8, 4) is 5.69 Å². The number of carbonyl (C=O) groups is 1. The number of urea groups is 1. The molecule has 2 amide bonds. The number of hydrogen-bond donors (Lipinski definition) is 2. The highest BCUT2D eigenvalue weighted by Gasteiger charge is 2.37. The average Bonchev–Trinajstić information content (AvgIpc) is 3.08. The Bertz CT molecular complexity index is 1030. The molecule has 5 nitrogen and oxygen atoms in total. The predicted octanol–water partition coefficient (Wildman–Crippen LogP) is 6.32. The van der Waals surface area contributed by atoms with E-state index in [4.69, 9.17) is 0 Å². The van der Waals surface area contributed by atoms with Gasteiger partial charge in [0.15, 0.2) is 0 Å². The largest absolute Gasteiger partial charge is 0.416 e. The average molecular weight is 493 g/mol. The van der Waals surface area contributed by atoms with E-state index in [1.165, 1.54) is 16.9 Å². The number of hydrogen-bond acceptors (Lipinski definition) is 2. The second kappa shape index (κ2) is 8.01. The van der Waals surface area contributed by atoms with Crippen LogP contribution in [0.2, 0.25) is 0 Å². The van der Waals surface area contributed by atoms with E-state index in [1.807, 2.05) is 5.32 Å². The highest BCUT2D eigenvalue weighted by atomic mass is 79.9. The fourth-order valence-electron chi connectivity index (χ4n) is 2.49. The molecule has 3 aromatic rings. The highest BCUT2D eigenvalue weighted by Crippen LogP contribution is 2.37. The minimum atomic E-state index is -5.02. The number of rotatable bonds is 3. The molecule has 0 radical (unpaired) electrons. The van der Waals surface area contributed by atoms with Gasteiger partial charge in [-0.05, 0) is 42.5 Å². The maximum absolute atomic E-state index is 12.9. The number of benzene rings is 2. The Labute approximate surface area is 173 Å². The van der Waals surface area contributed by atoms with Crippen LogP contribution in [-0.2, 0) is 12.4 Å². The lowest BCUT2D eigenvalue weighted by Crippen LogP contribution is -2.22. The molecule has 30 heavy (non-hydrogen) atoms. The van der Waals surface area contributed by atoms with Crippen molar-refractivity contribution in [2.24, 2.45) is 0 Å². The van der Waals surface area contributed by atoms with Gasteiger partial charge in [-0.1, -0.05) is 15.9 Å². The lowest BCUT2D eigenvalue weighted by atomic mass is 10.1. The summed E-state index contributed by atoms with van der Waals surface area (Å²) in [5.74, 6) is 0.151. The number of nitrogens with zero attached hydrogens (tertiary/aromatic N) is 2. The van der Waals surface area contributed by atoms with E-state index in [1.54, 1.807) is 24.3 Å². The van der Waals surface area contributed by atoms with E-state index in [0.717, 1.165) is 4.47 Å². The van der Waals surface area contributed by atoms with Crippen LogP contribution in [0.15, 0.2) is 59.2 Å². The Kier molecular flexibility index (Phi) is 5.79. The Morgan fingerprint density at radius 1 is 0.867 bits per heavy atom. The van der Waals surface area contributed by atoms with E-state index in [2.05, 4.69) is 26.3 Å². The smallest absolute Gasteiger partial charge is 0.308 e. The van der Waals surface area contributed by atoms with E-state index in [9.17, 15) is 31.1 Å². The summed E-state index contributed by atoms with van der Waals surface area (Å²) in [6.45, 7) is 0. The molecule has 12 heteroatoms. The summed E-state index contributed by atoms with van der Waals surface area (Å²) < 4.78 is 79.8. The van der Waals surface area contributed by atoms with Crippen molar-refractivity contribution in [1.82, 2.24) is 9.78 Å². The molecule has 0 bridgehead atoms. The van der Waals surface area contributed by atoms with Gasteiger partial charge >= 0.3 is 18.4 Å². The number of alkyl halides is 6. The molecule has 0 atom stereocenters. The van der Waals surface area contributed by atoms with Crippen LogP contribution in [0.25, 0.3) is 5.69 Å². The lowest BCUT2D eigenvalue weighted by Gasteiger charge is -2.15. The van der Waals surface area contributed by atoms with Crippen LogP contribution in [0.1, 0.15) is 11.1 Å². The molecule has 1 aromatic heterocycles. The first kappa shape index (κ1) is 21.7. The van der Waals surface area contributed by atoms with Crippen molar-refractivity contribution in [2.45, 2.75) is 12.4 Å².